The van der Waals surface area contributed by atoms with E-state index in [2.05, 4.69) is 50.2 Å². The van der Waals surface area contributed by atoms with Gasteiger partial charge in [-0.2, -0.15) is 0 Å². The third-order valence-corrected chi connectivity index (χ3v) is 3.87. The maximum Gasteiger partial charge on any atom is 0.0646 e. The van der Waals surface area contributed by atoms with Crippen molar-refractivity contribution in [1.29, 1.82) is 0 Å². The normalized spacial score (nSPS) is 12.7. The van der Waals surface area contributed by atoms with E-state index in [1.807, 2.05) is 0 Å². The molecule has 16 heavy (non-hydrogen) atoms. The maximum absolute atomic E-state index is 6.26. The molecule has 1 heterocycles. The number of thiophene rings is 1. The Labute approximate surface area is 101 Å². The monoisotopic (exact) mass is 231 g/mol. The average molecular weight is 231 g/mol. The molecular weight excluding hydrogens is 214 g/mol. The summed E-state index contributed by atoms with van der Waals surface area (Å²) in [6.45, 7) is 4.28. The number of benzene rings is 1. The largest absolute Gasteiger partial charge is 0.320 e. The number of hydrogen-bond donors (Lipinski definition) is 1. The molecule has 1 aromatic heterocycles. The van der Waals surface area contributed by atoms with Crippen molar-refractivity contribution in [2.45, 2.75) is 26.3 Å². The van der Waals surface area contributed by atoms with Crippen molar-refractivity contribution in [1.82, 2.24) is 0 Å². The molecule has 2 heteroatoms. The van der Waals surface area contributed by atoms with Crippen LogP contribution in [-0.2, 0) is 6.42 Å². The van der Waals surface area contributed by atoms with Crippen LogP contribution in [0.4, 0.5) is 0 Å². The van der Waals surface area contributed by atoms with Gasteiger partial charge in [-0.05, 0) is 36.6 Å². The van der Waals surface area contributed by atoms with Gasteiger partial charge in [0.25, 0.3) is 0 Å². The quantitative estimate of drug-likeness (QED) is 0.857. The van der Waals surface area contributed by atoms with Crippen LogP contribution < -0.4 is 5.73 Å². The lowest BCUT2D eigenvalue weighted by atomic mass is 10.0. The Morgan fingerprint density at radius 2 is 2.06 bits per heavy atom. The Hall–Kier alpha value is -1.12. The summed E-state index contributed by atoms with van der Waals surface area (Å²) in [6.07, 6.45) is 1.06. The predicted molar refractivity (Wildman–Crippen MR) is 70.9 cm³/mol. The van der Waals surface area contributed by atoms with Crippen LogP contribution >= 0.6 is 11.3 Å². The van der Waals surface area contributed by atoms with E-state index in [1.54, 1.807) is 11.3 Å². The molecule has 0 bridgehead atoms. The van der Waals surface area contributed by atoms with Crippen molar-refractivity contribution in [3.63, 3.8) is 0 Å². The van der Waals surface area contributed by atoms with Crippen LogP contribution in [0, 0.1) is 6.92 Å². The van der Waals surface area contributed by atoms with E-state index in [1.165, 1.54) is 20.9 Å². The van der Waals surface area contributed by atoms with Crippen LogP contribution in [0.25, 0.3) is 0 Å². The second-order valence-corrected chi connectivity index (χ2v) is 5.34. The second-order valence-electron chi connectivity index (χ2n) is 4.02. The van der Waals surface area contributed by atoms with Crippen LogP contribution in [0.2, 0.25) is 0 Å². The zero-order valence-corrected chi connectivity index (χ0v) is 10.6. The highest BCUT2D eigenvalue weighted by atomic mass is 32.1. The fourth-order valence-electron chi connectivity index (χ4n) is 1.79. The van der Waals surface area contributed by atoms with Crippen molar-refractivity contribution in [2.75, 3.05) is 0 Å². The highest BCUT2D eigenvalue weighted by Crippen LogP contribution is 2.26. The molecule has 0 radical (unpaired) electrons. The molecular formula is C14H17NS. The summed E-state index contributed by atoms with van der Waals surface area (Å²) < 4.78 is 0. The molecule has 2 aromatic rings. The summed E-state index contributed by atoms with van der Waals surface area (Å²) in [4.78, 5) is 2.56. The van der Waals surface area contributed by atoms with Crippen LogP contribution in [0.3, 0.4) is 0 Å². The molecule has 1 aromatic carbocycles. The maximum atomic E-state index is 6.26. The molecule has 1 nitrogen and oxygen atoms in total. The highest BCUT2D eigenvalue weighted by Gasteiger charge is 2.10. The SMILES string of the molecule is CCc1cccc(C(N)c2ccc(C)s2)c1. The summed E-state index contributed by atoms with van der Waals surface area (Å²) in [5.41, 5.74) is 8.82. The van der Waals surface area contributed by atoms with Crippen molar-refractivity contribution >= 4 is 11.3 Å². The van der Waals surface area contributed by atoms with Crippen molar-refractivity contribution in [3.8, 4) is 0 Å². The molecule has 84 valence electrons. The van der Waals surface area contributed by atoms with Gasteiger partial charge in [-0.25, -0.2) is 0 Å². The third-order valence-electron chi connectivity index (χ3n) is 2.79. The van der Waals surface area contributed by atoms with E-state index in [0.717, 1.165) is 6.42 Å². The molecule has 0 aliphatic carbocycles. The van der Waals surface area contributed by atoms with Gasteiger partial charge < -0.3 is 5.73 Å². The molecule has 0 fully saturated rings. The minimum atomic E-state index is 0.0187. The molecule has 0 saturated heterocycles. The van der Waals surface area contributed by atoms with Crippen molar-refractivity contribution in [2.24, 2.45) is 5.73 Å². The van der Waals surface area contributed by atoms with Gasteiger partial charge in [0.05, 0.1) is 6.04 Å². The number of nitrogens with two attached hydrogens (primary N) is 1. The molecule has 0 aliphatic rings. The summed E-state index contributed by atoms with van der Waals surface area (Å²) in [5, 5.41) is 0. The van der Waals surface area contributed by atoms with Gasteiger partial charge in [0.15, 0.2) is 0 Å². The van der Waals surface area contributed by atoms with Crippen LogP contribution in [0.15, 0.2) is 36.4 Å². The summed E-state index contributed by atoms with van der Waals surface area (Å²) in [5.74, 6) is 0. The first-order valence-corrected chi connectivity index (χ1v) is 6.43. The standard InChI is InChI=1S/C14H17NS/c1-3-11-5-4-6-12(9-11)14(15)13-8-7-10(2)16-13/h4-9,14H,3,15H2,1-2H3. The van der Waals surface area contributed by atoms with Crippen LogP contribution in [0.5, 0.6) is 0 Å². The first-order chi connectivity index (χ1) is 7.70. The average Bonchev–Trinajstić information content (AvgIpc) is 2.75. The van der Waals surface area contributed by atoms with Crippen molar-refractivity contribution < 1.29 is 0 Å². The lowest BCUT2D eigenvalue weighted by Crippen LogP contribution is -2.10. The van der Waals surface area contributed by atoms with Crippen molar-refractivity contribution in [3.05, 3.63) is 57.3 Å². The number of hydrogen-bond acceptors (Lipinski definition) is 2. The van der Waals surface area contributed by atoms with Gasteiger partial charge in [-0.1, -0.05) is 31.2 Å². The van der Waals surface area contributed by atoms with Gasteiger partial charge in [0, 0.05) is 9.75 Å². The molecule has 2 rings (SSSR count). The van der Waals surface area contributed by atoms with E-state index < -0.39 is 0 Å². The first-order valence-electron chi connectivity index (χ1n) is 5.61. The van der Waals surface area contributed by atoms with Gasteiger partial charge in [0.2, 0.25) is 0 Å². The van der Waals surface area contributed by atoms with Gasteiger partial charge in [-0.15, -0.1) is 11.3 Å². The molecule has 0 saturated carbocycles. The lowest BCUT2D eigenvalue weighted by Gasteiger charge is -2.11. The summed E-state index contributed by atoms with van der Waals surface area (Å²) in [7, 11) is 0. The Bertz CT molecular complexity index is 473. The smallest absolute Gasteiger partial charge is 0.0646 e. The zero-order valence-electron chi connectivity index (χ0n) is 9.73. The lowest BCUT2D eigenvalue weighted by molar-refractivity contribution is 0.888. The molecule has 2 N–H and O–H groups in total. The Morgan fingerprint density at radius 1 is 1.25 bits per heavy atom. The van der Waals surface area contributed by atoms with E-state index in [0.29, 0.717) is 0 Å². The van der Waals surface area contributed by atoms with Crippen LogP contribution in [-0.4, -0.2) is 0 Å². The summed E-state index contributed by atoms with van der Waals surface area (Å²) in [6, 6.07) is 12.8. The molecule has 0 spiro atoms. The summed E-state index contributed by atoms with van der Waals surface area (Å²) >= 11 is 1.78. The van der Waals surface area contributed by atoms with Crippen LogP contribution in [0.1, 0.15) is 33.8 Å². The fourth-order valence-corrected chi connectivity index (χ4v) is 2.70. The van der Waals surface area contributed by atoms with E-state index in [9.17, 15) is 0 Å². The zero-order chi connectivity index (χ0) is 11.5. The minimum absolute atomic E-state index is 0.0187. The molecule has 1 atom stereocenters. The van der Waals surface area contributed by atoms with Gasteiger partial charge in [0.1, 0.15) is 0 Å². The van der Waals surface area contributed by atoms with E-state index in [4.69, 9.17) is 5.73 Å². The number of rotatable bonds is 3. The Kier molecular flexibility index (Phi) is 3.42. The Balaban J connectivity index is 2.29. The number of aryl methyl sites for hydroxylation is 2. The van der Waals surface area contributed by atoms with Gasteiger partial charge >= 0.3 is 0 Å². The molecule has 0 amide bonds. The van der Waals surface area contributed by atoms with E-state index >= 15 is 0 Å². The molecule has 0 aliphatic heterocycles. The van der Waals surface area contributed by atoms with Gasteiger partial charge in [-0.3, -0.25) is 0 Å². The highest BCUT2D eigenvalue weighted by molar-refractivity contribution is 7.12. The fraction of sp³-hybridized carbons (Fsp3) is 0.286. The minimum Gasteiger partial charge on any atom is -0.320 e. The predicted octanol–water partition coefficient (Wildman–Crippen LogP) is 3.67. The first kappa shape index (κ1) is 11.4. The third kappa shape index (κ3) is 2.34. The van der Waals surface area contributed by atoms with E-state index in [-0.39, 0.29) is 6.04 Å². The Morgan fingerprint density at radius 3 is 2.69 bits per heavy atom. The second kappa shape index (κ2) is 4.81. The molecule has 1 unspecified atom stereocenters. The topological polar surface area (TPSA) is 26.0 Å².